The molecule has 6 nitrogen and oxygen atoms in total. The Balaban J connectivity index is 1.35. The Kier molecular flexibility index (Phi) is 5.43. The molecule has 126 valence electrons. The van der Waals surface area contributed by atoms with E-state index in [4.69, 9.17) is 4.84 Å². The van der Waals surface area contributed by atoms with E-state index in [-0.39, 0.29) is 12.1 Å². The highest BCUT2D eigenvalue weighted by molar-refractivity contribution is 7.09. The molecule has 2 heterocycles. The molecule has 1 aromatic carbocycles. The quantitative estimate of drug-likeness (QED) is 0.845. The van der Waals surface area contributed by atoms with Crippen molar-refractivity contribution in [3.63, 3.8) is 0 Å². The fraction of sp³-hybridized carbons (Fsp3) is 0.353. The molecule has 2 aromatic rings. The van der Waals surface area contributed by atoms with Crippen LogP contribution in [-0.2, 0) is 11.3 Å². The summed E-state index contributed by atoms with van der Waals surface area (Å²) in [5, 5.41) is 12.7. The van der Waals surface area contributed by atoms with Gasteiger partial charge in [-0.25, -0.2) is 9.78 Å². The van der Waals surface area contributed by atoms with Crippen molar-refractivity contribution in [1.29, 1.82) is 0 Å². The molecule has 0 spiro atoms. The summed E-state index contributed by atoms with van der Waals surface area (Å²) in [6.07, 6.45) is 3.09. The first-order valence-corrected chi connectivity index (χ1v) is 8.78. The molecule has 0 aliphatic carbocycles. The van der Waals surface area contributed by atoms with Crippen LogP contribution in [-0.4, -0.2) is 35.9 Å². The van der Waals surface area contributed by atoms with Gasteiger partial charge in [0.15, 0.2) is 6.10 Å². The lowest BCUT2D eigenvalue weighted by Gasteiger charge is -2.10. The van der Waals surface area contributed by atoms with Crippen LogP contribution in [0.5, 0.6) is 0 Å². The second kappa shape index (κ2) is 7.92. The Morgan fingerprint density at radius 2 is 2.17 bits per heavy atom. The molecular weight excluding hydrogens is 324 g/mol. The largest absolute Gasteiger partial charge is 0.390 e. The van der Waals surface area contributed by atoms with Crippen LogP contribution in [0, 0.1) is 6.92 Å². The van der Waals surface area contributed by atoms with Crippen LogP contribution in [0.15, 0.2) is 41.0 Å². The number of hydrogen-bond acceptors (Lipinski definition) is 5. The molecule has 1 aliphatic rings. The third kappa shape index (κ3) is 4.55. The maximum atomic E-state index is 11.8. The fourth-order valence-corrected chi connectivity index (χ4v) is 3.00. The number of urea groups is 1. The first-order chi connectivity index (χ1) is 11.7. The van der Waals surface area contributed by atoms with Crippen LogP contribution in [0.25, 0.3) is 0 Å². The SMILES string of the molecule is Cc1ccc(C2=NO[C@H](CNC(=O)NCCc3nccs3)C2)cc1. The molecule has 0 radical (unpaired) electrons. The van der Waals surface area contributed by atoms with Crippen LogP contribution < -0.4 is 10.6 Å². The molecule has 1 aliphatic heterocycles. The maximum absolute atomic E-state index is 11.8. The summed E-state index contributed by atoms with van der Waals surface area (Å²) in [5.41, 5.74) is 3.20. The van der Waals surface area contributed by atoms with Crippen molar-refractivity contribution < 1.29 is 9.63 Å². The van der Waals surface area contributed by atoms with Gasteiger partial charge in [-0.15, -0.1) is 11.3 Å². The summed E-state index contributed by atoms with van der Waals surface area (Å²) in [4.78, 5) is 21.4. The molecule has 24 heavy (non-hydrogen) atoms. The summed E-state index contributed by atoms with van der Waals surface area (Å²) in [5.74, 6) is 0. The van der Waals surface area contributed by atoms with Gasteiger partial charge >= 0.3 is 6.03 Å². The predicted octanol–water partition coefficient (Wildman–Crippen LogP) is 2.49. The second-order valence-electron chi connectivity index (χ2n) is 5.65. The van der Waals surface area contributed by atoms with Crippen LogP contribution in [0.1, 0.15) is 22.6 Å². The summed E-state index contributed by atoms with van der Waals surface area (Å²) in [6, 6.07) is 8.00. The van der Waals surface area contributed by atoms with E-state index in [0.29, 0.717) is 19.5 Å². The molecule has 0 bridgehead atoms. The monoisotopic (exact) mass is 344 g/mol. The molecule has 1 atom stereocenters. The van der Waals surface area contributed by atoms with E-state index in [2.05, 4.69) is 39.8 Å². The van der Waals surface area contributed by atoms with Gasteiger partial charge in [-0.3, -0.25) is 0 Å². The Hall–Kier alpha value is -2.41. The van der Waals surface area contributed by atoms with E-state index in [0.717, 1.165) is 22.7 Å². The number of rotatable bonds is 6. The molecule has 2 amide bonds. The summed E-state index contributed by atoms with van der Waals surface area (Å²) >= 11 is 1.59. The zero-order valence-electron chi connectivity index (χ0n) is 13.5. The number of benzene rings is 1. The number of oxime groups is 1. The predicted molar refractivity (Wildman–Crippen MR) is 94.4 cm³/mol. The van der Waals surface area contributed by atoms with Gasteiger partial charge < -0.3 is 15.5 Å². The van der Waals surface area contributed by atoms with Crippen molar-refractivity contribution in [2.24, 2.45) is 5.16 Å². The van der Waals surface area contributed by atoms with Crippen molar-refractivity contribution in [2.75, 3.05) is 13.1 Å². The van der Waals surface area contributed by atoms with Gasteiger partial charge in [-0.2, -0.15) is 0 Å². The van der Waals surface area contributed by atoms with Crippen molar-refractivity contribution in [3.8, 4) is 0 Å². The maximum Gasteiger partial charge on any atom is 0.314 e. The molecule has 3 rings (SSSR count). The number of carbonyl (C=O) groups excluding carboxylic acids is 1. The van der Waals surface area contributed by atoms with E-state index in [1.54, 1.807) is 17.5 Å². The standard InChI is InChI=1S/C17H20N4O2S/c1-12-2-4-13(5-3-12)15-10-14(23-21-15)11-20-17(22)19-7-6-16-18-8-9-24-16/h2-5,8-9,14H,6-7,10-11H2,1H3,(H2,19,20,22)/t14-/m0/s1. The molecule has 0 saturated carbocycles. The minimum atomic E-state index is -0.195. The molecule has 2 N–H and O–H groups in total. The number of carbonyl (C=O) groups is 1. The Bertz CT molecular complexity index is 698. The highest BCUT2D eigenvalue weighted by atomic mass is 32.1. The number of thiazole rings is 1. The van der Waals surface area contributed by atoms with E-state index >= 15 is 0 Å². The van der Waals surface area contributed by atoms with Gasteiger partial charge in [0.1, 0.15) is 0 Å². The number of nitrogens with zero attached hydrogens (tertiary/aromatic N) is 2. The van der Waals surface area contributed by atoms with Gasteiger partial charge in [0.05, 0.1) is 17.3 Å². The van der Waals surface area contributed by atoms with Gasteiger partial charge in [0, 0.05) is 31.0 Å². The van der Waals surface area contributed by atoms with Crippen LogP contribution in [0.4, 0.5) is 4.79 Å². The third-order valence-electron chi connectivity index (χ3n) is 3.72. The number of hydrogen-bond donors (Lipinski definition) is 2. The van der Waals surface area contributed by atoms with Gasteiger partial charge in [-0.05, 0) is 12.5 Å². The highest BCUT2D eigenvalue weighted by Gasteiger charge is 2.22. The minimum Gasteiger partial charge on any atom is -0.390 e. The van der Waals surface area contributed by atoms with Gasteiger partial charge in [-0.1, -0.05) is 35.0 Å². The Morgan fingerprint density at radius 3 is 2.92 bits per heavy atom. The van der Waals surface area contributed by atoms with Crippen LogP contribution >= 0.6 is 11.3 Å². The van der Waals surface area contributed by atoms with Crippen LogP contribution in [0.2, 0.25) is 0 Å². The summed E-state index contributed by atoms with van der Waals surface area (Å²) in [7, 11) is 0. The first kappa shape index (κ1) is 16.4. The third-order valence-corrected chi connectivity index (χ3v) is 4.56. The topological polar surface area (TPSA) is 75.6 Å². The highest BCUT2D eigenvalue weighted by Crippen LogP contribution is 2.16. The second-order valence-corrected chi connectivity index (χ2v) is 6.63. The minimum absolute atomic E-state index is 0.119. The summed E-state index contributed by atoms with van der Waals surface area (Å²) in [6.45, 7) is 3.05. The van der Waals surface area contributed by atoms with Crippen molar-refractivity contribution >= 4 is 23.1 Å². The molecule has 0 fully saturated rings. The van der Waals surface area contributed by atoms with E-state index in [1.807, 2.05) is 17.5 Å². The summed E-state index contributed by atoms with van der Waals surface area (Å²) < 4.78 is 0. The Morgan fingerprint density at radius 1 is 1.33 bits per heavy atom. The number of nitrogens with one attached hydrogen (secondary N) is 2. The van der Waals surface area contributed by atoms with Crippen molar-refractivity contribution in [1.82, 2.24) is 15.6 Å². The number of aryl methyl sites for hydroxylation is 1. The zero-order valence-corrected chi connectivity index (χ0v) is 14.3. The normalized spacial score (nSPS) is 16.4. The van der Waals surface area contributed by atoms with Crippen molar-refractivity contribution in [2.45, 2.75) is 25.9 Å². The number of amides is 2. The number of aromatic nitrogens is 1. The van der Waals surface area contributed by atoms with E-state index in [1.165, 1.54) is 5.56 Å². The van der Waals surface area contributed by atoms with Gasteiger partial charge in [0.25, 0.3) is 0 Å². The average molecular weight is 344 g/mol. The molecular formula is C17H20N4O2S. The lowest BCUT2D eigenvalue weighted by molar-refractivity contribution is 0.0865. The zero-order chi connectivity index (χ0) is 16.8. The lowest BCUT2D eigenvalue weighted by atomic mass is 10.0. The fourth-order valence-electron chi connectivity index (χ4n) is 2.38. The van der Waals surface area contributed by atoms with Crippen LogP contribution in [0.3, 0.4) is 0 Å². The Labute approximate surface area is 144 Å². The van der Waals surface area contributed by atoms with E-state index in [9.17, 15) is 4.79 Å². The average Bonchev–Trinajstić information content (AvgIpc) is 3.25. The smallest absolute Gasteiger partial charge is 0.314 e. The van der Waals surface area contributed by atoms with E-state index < -0.39 is 0 Å². The molecule has 1 aromatic heterocycles. The lowest BCUT2D eigenvalue weighted by Crippen LogP contribution is -2.40. The first-order valence-electron chi connectivity index (χ1n) is 7.90. The molecule has 0 unspecified atom stereocenters. The van der Waals surface area contributed by atoms with Gasteiger partial charge in [0.2, 0.25) is 0 Å². The molecule has 7 heteroatoms. The molecule has 0 saturated heterocycles. The van der Waals surface area contributed by atoms with Crippen molar-refractivity contribution in [3.05, 3.63) is 52.0 Å².